The summed E-state index contributed by atoms with van der Waals surface area (Å²) < 4.78 is 0. The Morgan fingerprint density at radius 2 is 2.12 bits per heavy atom. The summed E-state index contributed by atoms with van der Waals surface area (Å²) >= 11 is 4.46. The first-order chi connectivity index (χ1) is 3.88. The van der Waals surface area contributed by atoms with Gasteiger partial charge in [-0.15, -0.1) is 0 Å². The van der Waals surface area contributed by atoms with E-state index in [0.29, 0.717) is 0 Å². The van der Waals surface area contributed by atoms with Gasteiger partial charge >= 0.3 is 0 Å². The summed E-state index contributed by atoms with van der Waals surface area (Å²) in [4.78, 5) is 0. The maximum absolute atomic E-state index is 4.46. The Morgan fingerprint density at radius 3 is 2.62 bits per heavy atom. The maximum Gasteiger partial charge on any atom is 0.00504 e. The van der Waals surface area contributed by atoms with Crippen molar-refractivity contribution < 1.29 is 0 Å². The predicted octanol–water partition coefficient (Wildman–Crippen LogP) is 2.10. The number of hydrogen-bond donors (Lipinski definition) is 1. The molecule has 0 aromatic rings. The van der Waals surface area contributed by atoms with Crippen molar-refractivity contribution in [2.24, 2.45) is 11.8 Å². The summed E-state index contributed by atoms with van der Waals surface area (Å²) in [5, 5.41) is 0.780. The van der Waals surface area contributed by atoms with Gasteiger partial charge in [-0.1, -0.05) is 12.8 Å². The molecule has 2 saturated carbocycles. The van der Waals surface area contributed by atoms with E-state index in [1.807, 2.05) is 0 Å². The normalized spacial score (nSPS) is 52.9. The smallest absolute Gasteiger partial charge is 0.00504 e. The molecule has 2 aliphatic rings. The third-order valence-corrected chi connectivity index (χ3v) is 3.35. The topological polar surface area (TPSA) is 0 Å². The molecule has 0 nitrogen and oxygen atoms in total. The molecule has 0 spiro atoms. The second kappa shape index (κ2) is 1.66. The van der Waals surface area contributed by atoms with Crippen LogP contribution in [0.1, 0.15) is 25.7 Å². The van der Waals surface area contributed by atoms with Crippen molar-refractivity contribution in [3.8, 4) is 0 Å². The molecule has 0 aromatic carbocycles. The van der Waals surface area contributed by atoms with E-state index in [0.717, 1.165) is 17.1 Å². The quantitative estimate of drug-likeness (QED) is 0.475. The highest BCUT2D eigenvalue weighted by atomic mass is 32.1. The zero-order valence-electron chi connectivity index (χ0n) is 5.01. The molecule has 0 heterocycles. The average molecular weight is 128 g/mol. The van der Waals surface area contributed by atoms with Crippen LogP contribution in [0.2, 0.25) is 0 Å². The van der Waals surface area contributed by atoms with Gasteiger partial charge in [0.1, 0.15) is 0 Å². The van der Waals surface area contributed by atoms with E-state index in [9.17, 15) is 0 Å². The highest BCUT2D eigenvalue weighted by Crippen LogP contribution is 2.49. The van der Waals surface area contributed by atoms with Gasteiger partial charge in [0.25, 0.3) is 0 Å². The molecule has 0 aromatic heterocycles. The van der Waals surface area contributed by atoms with E-state index in [1.165, 1.54) is 25.7 Å². The van der Waals surface area contributed by atoms with Crippen LogP contribution in [0.15, 0.2) is 0 Å². The fourth-order valence-electron chi connectivity index (χ4n) is 2.15. The van der Waals surface area contributed by atoms with Crippen LogP contribution in [0.25, 0.3) is 0 Å². The molecule has 0 saturated heterocycles. The Kier molecular flexibility index (Phi) is 1.07. The lowest BCUT2D eigenvalue weighted by Crippen LogP contribution is -2.32. The molecular weight excluding hydrogens is 116 g/mol. The Labute approximate surface area is 56.1 Å². The molecule has 8 heavy (non-hydrogen) atoms. The highest BCUT2D eigenvalue weighted by Gasteiger charge is 2.41. The summed E-state index contributed by atoms with van der Waals surface area (Å²) in [6.45, 7) is 0. The van der Waals surface area contributed by atoms with Crippen molar-refractivity contribution >= 4 is 12.6 Å². The molecule has 2 rings (SSSR count). The Bertz CT molecular complexity index is 101. The molecule has 46 valence electrons. The first-order valence-corrected chi connectivity index (χ1v) is 4.07. The molecule has 0 aliphatic heterocycles. The van der Waals surface area contributed by atoms with Gasteiger partial charge in [0, 0.05) is 5.25 Å². The molecule has 0 bridgehead atoms. The molecule has 0 N–H and O–H groups in total. The zero-order valence-corrected chi connectivity index (χ0v) is 5.90. The van der Waals surface area contributed by atoms with E-state index >= 15 is 0 Å². The van der Waals surface area contributed by atoms with Crippen LogP contribution >= 0.6 is 12.6 Å². The lowest BCUT2D eigenvalue weighted by atomic mass is 9.76. The lowest BCUT2D eigenvalue weighted by Gasteiger charge is -2.37. The second-order valence-corrected chi connectivity index (χ2v) is 3.82. The minimum absolute atomic E-state index is 0.780. The van der Waals surface area contributed by atoms with Crippen LogP contribution in [-0.4, -0.2) is 5.25 Å². The molecule has 0 radical (unpaired) electrons. The summed E-state index contributed by atoms with van der Waals surface area (Å²) in [7, 11) is 0. The van der Waals surface area contributed by atoms with Crippen LogP contribution in [0.3, 0.4) is 0 Å². The summed E-state index contributed by atoms with van der Waals surface area (Å²) in [5.74, 6) is 2.12. The van der Waals surface area contributed by atoms with Crippen molar-refractivity contribution in [3.05, 3.63) is 0 Å². The van der Waals surface area contributed by atoms with E-state index in [2.05, 4.69) is 12.6 Å². The standard InChI is InChI=1S/C7H12S/c8-7-4-5-2-1-3-6(5)7/h5-8H,1-4H2. The molecule has 3 unspecified atom stereocenters. The minimum Gasteiger partial charge on any atom is -0.176 e. The van der Waals surface area contributed by atoms with Gasteiger partial charge in [-0.3, -0.25) is 0 Å². The zero-order chi connectivity index (χ0) is 5.56. The molecular formula is C7H12S. The molecule has 1 heteroatoms. The molecule has 0 amide bonds. The molecule has 3 atom stereocenters. The van der Waals surface area contributed by atoms with Crippen LogP contribution in [0, 0.1) is 11.8 Å². The fraction of sp³-hybridized carbons (Fsp3) is 1.00. The third-order valence-electron chi connectivity index (χ3n) is 2.76. The van der Waals surface area contributed by atoms with Gasteiger partial charge in [0.2, 0.25) is 0 Å². The van der Waals surface area contributed by atoms with Crippen LogP contribution in [0.5, 0.6) is 0 Å². The summed E-state index contributed by atoms with van der Waals surface area (Å²) in [5.41, 5.74) is 0. The molecule has 2 aliphatic carbocycles. The number of rotatable bonds is 0. The van der Waals surface area contributed by atoms with Crippen LogP contribution < -0.4 is 0 Å². The minimum atomic E-state index is 0.780. The predicted molar refractivity (Wildman–Crippen MR) is 38.2 cm³/mol. The number of hydrogen-bond acceptors (Lipinski definition) is 1. The van der Waals surface area contributed by atoms with Gasteiger partial charge in [0.05, 0.1) is 0 Å². The highest BCUT2D eigenvalue weighted by molar-refractivity contribution is 7.81. The van der Waals surface area contributed by atoms with Gasteiger partial charge in [-0.25, -0.2) is 0 Å². The van der Waals surface area contributed by atoms with Crippen molar-refractivity contribution in [1.29, 1.82) is 0 Å². The number of fused-ring (bicyclic) bond motifs is 1. The Hall–Kier alpha value is 0.350. The van der Waals surface area contributed by atoms with Gasteiger partial charge < -0.3 is 0 Å². The largest absolute Gasteiger partial charge is 0.176 e. The first-order valence-electron chi connectivity index (χ1n) is 3.56. The van der Waals surface area contributed by atoms with Crippen molar-refractivity contribution in [2.75, 3.05) is 0 Å². The van der Waals surface area contributed by atoms with E-state index in [1.54, 1.807) is 0 Å². The van der Waals surface area contributed by atoms with Crippen LogP contribution in [-0.2, 0) is 0 Å². The Balaban J connectivity index is 2.02. The van der Waals surface area contributed by atoms with Crippen LogP contribution in [0.4, 0.5) is 0 Å². The molecule has 2 fully saturated rings. The van der Waals surface area contributed by atoms with Crippen molar-refractivity contribution in [3.63, 3.8) is 0 Å². The van der Waals surface area contributed by atoms with Gasteiger partial charge in [0.15, 0.2) is 0 Å². The van der Waals surface area contributed by atoms with E-state index in [4.69, 9.17) is 0 Å². The fourth-order valence-corrected chi connectivity index (χ4v) is 2.82. The first kappa shape index (κ1) is 5.16. The average Bonchev–Trinajstić information content (AvgIpc) is 2.09. The van der Waals surface area contributed by atoms with Crippen molar-refractivity contribution in [1.82, 2.24) is 0 Å². The summed E-state index contributed by atoms with van der Waals surface area (Å²) in [6, 6.07) is 0. The van der Waals surface area contributed by atoms with Gasteiger partial charge in [-0.05, 0) is 24.7 Å². The monoisotopic (exact) mass is 128 g/mol. The number of thiol groups is 1. The van der Waals surface area contributed by atoms with E-state index in [-0.39, 0.29) is 0 Å². The SMILES string of the molecule is SC1CC2CCCC12. The third kappa shape index (κ3) is 0.540. The van der Waals surface area contributed by atoms with E-state index < -0.39 is 0 Å². The second-order valence-electron chi connectivity index (χ2n) is 3.16. The summed E-state index contributed by atoms with van der Waals surface area (Å²) in [6.07, 6.45) is 5.86. The maximum atomic E-state index is 4.46. The van der Waals surface area contributed by atoms with Crippen molar-refractivity contribution in [2.45, 2.75) is 30.9 Å². The lowest BCUT2D eigenvalue weighted by molar-refractivity contribution is 0.234. The van der Waals surface area contributed by atoms with Gasteiger partial charge in [-0.2, -0.15) is 12.6 Å². The Morgan fingerprint density at radius 1 is 1.25 bits per heavy atom.